The first-order chi connectivity index (χ1) is 9.35. The fourth-order valence-corrected chi connectivity index (χ4v) is 4.26. The third-order valence-electron chi connectivity index (χ3n) is 4.25. The van der Waals surface area contributed by atoms with Crippen molar-refractivity contribution >= 4 is 15.7 Å². The van der Waals surface area contributed by atoms with Crippen LogP contribution in [0.5, 0.6) is 5.75 Å². The number of anilines is 1. The first-order valence-corrected chi connectivity index (χ1v) is 8.29. The van der Waals surface area contributed by atoms with Crippen LogP contribution >= 0.6 is 0 Å². The molecule has 0 amide bonds. The Kier molecular flexibility index (Phi) is 4.25. The quantitative estimate of drug-likeness (QED) is 0.833. The predicted octanol–water partition coefficient (Wildman–Crippen LogP) is 1.99. The summed E-state index contributed by atoms with van der Waals surface area (Å²) in [6, 6.07) is 4.61. The molecule has 1 aliphatic carbocycles. The Morgan fingerprint density at radius 1 is 1.30 bits per heavy atom. The van der Waals surface area contributed by atoms with Crippen molar-refractivity contribution in [1.82, 2.24) is 4.72 Å². The van der Waals surface area contributed by atoms with E-state index in [4.69, 9.17) is 10.5 Å². The van der Waals surface area contributed by atoms with Gasteiger partial charge >= 0.3 is 0 Å². The minimum Gasteiger partial charge on any atom is -0.495 e. The normalized spacial score (nSPS) is 26.6. The molecular formula is C14H22N2O3S. The monoisotopic (exact) mass is 298 g/mol. The first kappa shape index (κ1) is 15.1. The van der Waals surface area contributed by atoms with Crippen molar-refractivity contribution in [2.24, 2.45) is 11.8 Å². The van der Waals surface area contributed by atoms with Gasteiger partial charge in [0, 0.05) is 11.7 Å². The number of nitrogens with two attached hydrogens (primary N) is 1. The first-order valence-electron chi connectivity index (χ1n) is 6.81. The Labute approximate surface area is 120 Å². The van der Waals surface area contributed by atoms with Gasteiger partial charge in [-0.3, -0.25) is 0 Å². The number of hydrogen-bond donors (Lipinski definition) is 2. The summed E-state index contributed by atoms with van der Waals surface area (Å²) in [6.45, 7) is 4.24. The van der Waals surface area contributed by atoms with Crippen molar-refractivity contribution in [2.45, 2.75) is 37.6 Å². The molecule has 0 spiro atoms. The van der Waals surface area contributed by atoms with Crippen LogP contribution in [0.3, 0.4) is 0 Å². The summed E-state index contributed by atoms with van der Waals surface area (Å²) in [7, 11) is -2.17. The van der Waals surface area contributed by atoms with Gasteiger partial charge in [0.2, 0.25) is 10.0 Å². The molecule has 0 heterocycles. The van der Waals surface area contributed by atoms with Gasteiger partial charge in [-0.05, 0) is 42.9 Å². The number of sulfonamides is 1. The highest BCUT2D eigenvalue weighted by atomic mass is 32.2. The van der Waals surface area contributed by atoms with Crippen LogP contribution in [0.1, 0.15) is 26.7 Å². The fraction of sp³-hybridized carbons (Fsp3) is 0.571. The van der Waals surface area contributed by atoms with Gasteiger partial charge in [-0.1, -0.05) is 13.8 Å². The second kappa shape index (κ2) is 5.61. The summed E-state index contributed by atoms with van der Waals surface area (Å²) in [4.78, 5) is 0.103. The van der Waals surface area contributed by atoms with E-state index in [1.54, 1.807) is 12.1 Å². The Hall–Kier alpha value is -1.27. The molecule has 6 heteroatoms. The van der Waals surface area contributed by atoms with Crippen LogP contribution in [0.4, 0.5) is 5.69 Å². The summed E-state index contributed by atoms with van der Waals surface area (Å²) < 4.78 is 33.0. The van der Waals surface area contributed by atoms with Crippen LogP contribution in [0.25, 0.3) is 0 Å². The zero-order chi connectivity index (χ0) is 14.9. The molecule has 0 aromatic heterocycles. The number of nitrogens with one attached hydrogen (secondary N) is 1. The Morgan fingerprint density at radius 2 is 2.00 bits per heavy atom. The Bertz CT molecular complexity index is 586. The van der Waals surface area contributed by atoms with E-state index in [9.17, 15) is 8.42 Å². The highest BCUT2D eigenvalue weighted by Crippen LogP contribution is 2.33. The number of rotatable bonds is 4. The minimum atomic E-state index is -3.62. The van der Waals surface area contributed by atoms with E-state index in [-0.39, 0.29) is 10.9 Å². The van der Waals surface area contributed by atoms with E-state index in [1.807, 2.05) is 0 Å². The van der Waals surface area contributed by atoms with E-state index >= 15 is 0 Å². The lowest BCUT2D eigenvalue weighted by molar-refractivity contribution is 0.394. The van der Waals surface area contributed by atoms with E-state index in [2.05, 4.69) is 18.6 Å². The molecule has 0 bridgehead atoms. The number of nitrogen functional groups attached to an aromatic ring is 1. The molecule has 1 saturated carbocycles. The van der Waals surface area contributed by atoms with Crippen molar-refractivity contribution < 1.29 is 13.2 Å². The molecule has 20 heavy (non-hydrogen) atoms. The second-order valence-electron chi connectivity index (χ2n) is 5.55. The summed E-state index contributed by atoms with van der Waals surface area (Å²) in [5.41, 5.74) is 6.09. The van der Waals surface area contributed by atoms with Crippen LogP contribution in [0.15, 0.2) is 23.1 Å². The van der Waals surface area contributed by atoms with Crippen molar-refractivity contribution in [3.63, 3.8) is 0 Å². The van der Waals surface area contributed by atoms with E-state index < -0.39 is 10.0 Å². The summed E-state index contributed by atoms with van der Waals surface area (Å²) >= 11 is 0. The number of ether oxygens (including phenoxy) is 1. The van der Waals surface area contributed by atoms with E-state index in [0.29, 0.717) is 23.3 Å². The molecule has 3 N–H and O–H groups in total. The third kappa shape index (κ3) is 2.91. The maximum absolute atomic E-state index is 12.5. The van der Waals surface area contributed by atoms with Crippen molar-refractivity contribution in [1.29, 1.82) is 0 Å². The lowest BCUT2D eigenvalue weighted by atomic mass is 9.98. The largest absolute Gasteiger partial charge is 0.495 e. The Balaban J connectivity index is 2.29. The maximum Gasteiger partial charge on any atom is 0.244 e. The van der Waals surface area contributed by atoms with Gasteiger partial charge in [0.1, 0.15) is 10.6 Å². The highest BCUT2D eigenvalue weighted by molar-refractivity contribution is 7.89. The number of hydrogen-bond acceptors (Lipinski definition) is 4. The molecule has 3 atom stereocenters. The van der Waals surface area contributed by atoms with E-state index in [1.165, 1.54) is 13.2 Å². The van der Waals surface area contributed by atoms with Gasteiger partial charge in [0.15, 0.2) is 0 Å². The van der Waals surface area contributed by atoms with Crippen LogP contribution < -0.4 is 15.2 Å². The standard InChI is InChI=1S/C14H22N2O3S/c1-9-4-6-12(10(9)2)16-20(17,18)14-8-11(15)5-7-13(14)19-3/h5,7-10,12,16H,4,6,15H2,1-3H3. The summed E-state index contributed by atoms with van der Waals surface area (Å²) in [5, 5.41) is 0. The second-order valence-corrected chi connectivity index (χ2v) is 7.23. The number of benzene rings is 1. The van der Waals surface area contributed by atoms with Gasteiger partial charge in [-0.2, -0.15) is 0 Å². The molecule has 1 aromatic carbocycles. The molecular weight excluding hydrogens is 276 g/mol. The topological polar surface area (TPSA) is 81.4 Å². The molecule has 1 aliphatic rings. The zero-order valence-corrected chi connectivity index (χ0v) is 12.9. The van der Waals surface area contributed by atoms with Gasteiger partial charge in [-0.15, -0.1) is 0 Å². The van der Waals surface area contributed by atoms with Gasteiger partial charge in [-0.25, -0.2) is 13.1 Å². The smallest absolute Gasteiger partial charge is 0.244 e. The van der Waals surface area contributed by atoms with Crippen LogP contribution in [-0.2, 0) is 10.0 Å². The van der Waals surface area contributed by atoms with Gasteiger partial charge < -0.3 is 10.5 Å². The molecule has 1 aromatic rings. The van der Waals surface area contributed by atoms with Gasteiger partial charge in [0.05, 0.1) is 7.11 Å². The highest BCUT2D eigenvalue weighted by Gasteiger charge is 2.33. The van der Waals surface area contributed by atoms with Gasteiger partial charge in [0.25, 0.3) is 0 Å². The van der Waals surface area contributed by atoms with Crippen LogP contribution in [0, 0.1) is 11.8 Å². The fourth-order valence-electron chi connectivity index (χ4n) is 2.70. The molecule has 3 unspecified atom stereocenters. The summed E-state index contributed by atoms with van der Waals surface area (Å²) in [6.07, 6.45) is 1.91. The molecule has 112 valence electrons. The van der Waals surface area contributed by atoms with Crippen LogP contribution in [0.2, 0.25) is 0 Å². The summed E-state index contributed by atoms with van der Waals surface area (Å²) in [5.74, 6) is 1.17. The maximum atomic E-state index is 12.5. The lowest BCUT2D eigenvalue weighted by Crippen LogP contribution is -2.37. The molecule has 1 fully saturated rings. The van der Waals surface area contributed by atoms with Crippen molar-refractivity contribution in [3.05, 3.63) is 18.2 Å². The molecule has 5 nitrogen and oxygen atoms in total. The molecule has 0 aliphatic heterocycles. The molecule has 2 rings (SSSR count). The molecule has 0 saturated heterocycles. The third-order valence-corrected chi connectivity index (χ3v) is 5.76. The SMILES string of the molecule is COc1ccc(N)cc1S(=O)(=O)NC1CCC(C)C1C. The number of methoxy groups -OCH3 is 1. The molecule has 0 radical (unpaired) electrons. The van der Waals surface area contributed by atoms with Crippen molar-refractivity contribution in [2.75, 3.05) is 12.8 Å². The van der Waals surface area contributed by atoms with Crippen molar-refractivity contribution in [3.8, 4) is 5.75 Å². The zero-order valence-electron chi connectivity index (χ0n) is 12.1. The lowest BCUT2D eigenvalue weighted by Gasteiger charge is -2.20. The minimum absolute atomic E-state index is 0.0267. The predicted molar refractivity (Wildman–Crippen MR) is 79.1 cm³/mol. The average Bonchev–Trinajstić information content (AvgIpc) is 2.70. The average molecular weight is 298 g/mol. The van der Waals surface area contributed by atoms with Crippen LogP contribution in [-0.4, -0.2) is 21.6 Å². The Morgan fingerprint density at radius 3 is 2.55 bits per heavy atom. The van der Waals surface area contributed by atoms with E-state index in [0.717, 1.165) is 12.8 Å².